The first-order chi connectivity index (χ1) is 27.0. The van der Waals surface area contributed by atoms with Gasteiger partial charge in [-0.25, -0.2) is 9.97 Å². The highest BCUT2D eigenvalue weighted by Crippen LogP contribution is 2.28. The van der Waals surface area contributed by atoms with Gasteiger partial charge >= 0.3 is 0 Å². The number of aryl methyl sites for hydroxylation is 1. The number of hydrogen-bond donors (Lipinski definition) is 3. The van der Waals surface area contributed by atoms with E-state index in [9.17, 15) is 9.59 Å². The summed E-state index contributed by atoms with van der Waals surface area (Å²) < 4.78 is 15.4. The van der Waals surface area contributed by atoms with Crippen molar-refractivity contribution in [1.82, 2.24) is 24.4 Å². The van der Waals surface area contributed by atoms with Gasteiger partial charge in [0.05, 0.1) is 47.9 Å². The molecule has 0 fully saturated rings. The van der Waals surface area contributed by atoms with Crippen molar-refractivity contribution in [3.63, 3.8) is 0 Å². The topological polar surface area (TPSA) is 152 Å². The highest BCUT2D eigenvalue weighted by atomic mass is 35.5. The number of imidazole rings is 2. The minimum absolute atomic E-state index is 0. The zero-order valence-electron chi connectivity index (χ0n) is 32.8. The Hall–Kier alpha value is -4.49. The van der Waals surface area contributed by atoms with Gasteiger partial charge in [-0.1, -0.05) is 66.5 Å². The van der Waals surface area contributed by atoms with Crippen LogP contribution in [-0.2, 0) is 45.1 Å². The van der Waals surface area contributed by atoms with E-state index in [1.165, 1.54) is 0 Å². The number of ether oxygens (including phenoxy) is 2. The molecule has 0 aliphatic carbocycles. The first-order valence-corrected chi connectivity index (χ1v) is 19.7. The summed E-state index contributed by atoms with van der Waals surface area (Å²) in [5.41, 5.74) is 19.0. The van der Waals surface area contributed by atoms with Crippen molar-refractivity contribution in [1.29, 1.82) is 0 Å². The quantitative estimate of drug-likeness (QED) is 0.0738. The molecule has 0 saturated carbocycles. The number of primary amides is 2. The minimum atomic E-state index is -0.426. The van der Waals surface area contributed by atoms with Crippen LogP contribution in [0.5, 0.6) is 0 Å². The van der Waals surface area contributed by atoms with Crippen molar-refractivity contribution in [2.75, 3.05) is 26.4 Å². The van der Waals surface area contributed by atoms with E-state index in [2.05, 4.69) is 50.8 Å². The lowest BCUT2D eigenvalue weighted by Gasteiger charge is -2.12. The molecule has 0 aliphatic heterocycles. The van der Waals surface area contributed by atoms with Crippen LogP contribution in [0.15, 0.2) is 84.9 Å². The largest absolute Gasteiger partial charge is 0.380 e. The molecule has 0 saturated heterocycles. The standard InChI is InChI=1S/C22H26ClN3O2.C21H25ClN4O2.ClH/c1-3-28-13-12-26-20-10-7-17(16-5-8-18(23)9-6-16)14-19(20)25-21(26)11-4-15(2)22(24)27;1-3-28-11-10-26-19-9-6-16(15-4-7-17(22)8-5-15)12-18(19)25-20(26)13-24-14(2)21(23)27;/h5-10,14-15H,3-4,11-13H2,1-2H3,(H2,24,27);4-9,12,14,24H,3,10-11,13H2,1-2H3,(H2,23,27);1H/t15-;14-;/m10./s1. The molecule has 4 aromatic carbocycles. The molecular weight excluding hydrogens is 785 g/mol. The van der Waals surface area contributed by atoms with Crippen molar-refractivity contribution in [2.24, 2.45) is 17.4 Å². The number of aromatic nitrogens is 4. The first-order valence-electron chi connectivity index (χ1n) is 19.0. The molecule has 2 aromatic heterocycles. The fraction of sp³-hybridized carbons (Fsp3) is 0.349. The third kappa shape index (κ3) is 12.3. The number of nitrogens with zero attached hydrogens (tertiary/aromatic N) is 4. The number of benzene rings is 4. The summed E-state index contributed by atoms with van der Waals surface area (Å²) in [6.07, 6.45) is 1.37. The zero-order chi connectivity index (χ0) is 40.2. The van der Waals surface area contributed by atoms with Gasteiger partial charge in [0.15, 0.2) is 0 Å². The molecule has 0 spiro atoms. The maximum absolute atomic E-state index is 11.4. The highest BCUT2D eigenvalue weighted by molar-refractivity contribution is 6.31. The molecular formula is C43H52Cl3N7O4. The second kappa shape index (κ2) is 21.9. The van der Waals surface area contributed by atoms with E-state index in [4.69, 9.17) is 54.1 Å². The van der Waals surface area contributed by atoms with Crippen LogP contribution in [0.1, 0.15) is 45.8 Å². The van der Waals surface area contributed by atoms with E-state index in [0.717, 1.165) is 67.5 Å². The molecule has 0 bridgehead atoms. The van der Waals surface area contributed by atoms with Crippen LogP contribution < -0.4 is 16.8 Å². The lowest BCUT2D eigenvalue weighted by atomic mass is 10.1. The molecule has 11 nitrogen and oxygen atoms in total. The smallest absolute Gasteiger partial charge is 0.234 e. The Labute approximate surface area is 350 Å². The third-order valence-corrected chi connectivity index (χ3v) is 10.1. The molecule has 2 amide bonds. The van der Waals surface area contributed by atoms with Gasteiger partial charge in [0.1, 0.15) is 11.6 Å². The zero-order valence-corrected chi connectivity index (χ0v) is 35.2. The number of halogens is 3. The van der Waals surface area contributed by atoms with Crippen LogP contribution in [-0.4, -0.2) is 63.4 Å². The Kier molecular flexibility index (Phi) is 17.4. The maximum Gasteiger partial charge on any atom is 0.234 e. The number of hydrogen-bond acceptors (Lipinski definition) is 7. The van der Waals surface area contributed by atoms with Crippen LogP contribution >= 0.6 is 35.6 Å². The average Bonchev–Trinajstić information content (AvgIpc) is 3.73. The second-order valence-electron chi connectivity index (χ2n) is 13.5. The van der Waals surface area contributed by atoms with Crippen LogP contribution in [0, 0.1) is 5.92 Å². The highest BCUT2D eigenvalue weighted by Gasteiger charge is 2.17. The number of nitrogens with two attached hydrogens (primary N) is 2. The van der Waals surface area contributed by atoms with Gasteiger partial charge in [0.2, 0.25) is 11.8 Å². The van der Waals surface area contributed by atoms with Gasteiger partial charge in [-0.3, -0.25) is 14.9 Å². The summed E-state index contributed by atoms with van der Waals surface area (Å²) >= 11 is 12.0. The van der Waals surface area contributed by atoms with Gasteiger partial charge in [-0.15, -0.1) is 12.4 Å². The van der Waals surface area contributed by atoms with Gasteiger partial charge < -0.3 is 30.1 Å². The SMILES string of the molecule is CCOCCn1c(CC[C@@H](C)C(N)=O)nc2cc(-c3ccc(Cl)cc3)ccc21.CCOCCn1c(CN[C@@H](C)C(N)=O)nc2cc(-c3ccc(Cl)cc3)ccc21.Cl. The number of fused-ring (bicyclic) bond motifs is 2. The molecule has 304 valence electrons. The molecule has 2 atom stereocenters. The van der Waals surface area contributed by atoms with Crippen LogP contribution in [0.25, 0.3) is 44.3 Å². The van der Waals surface area contributed by atoms with Crippen LogP contribution in [0.3, 0.4) is 0 Å². The van der Waals surface area contributed by atoms with E-state index < -0.39 is 6.04 Å². The number of rotatable bonds is 18. The molecule has 6 rings (SSSR count). The van der Waals surface area contributed by atoms with Crippen LogP contribution in [0.4, 0.5) is 0 Å². The molecule has 5 N–H and O–H groups in total. The fourth-order valence-corrected chi connectivity index (χ4v) is 6.51. The van der Waals surface area contributed by atoms with Crippen molar-refractivity contribution < 1.29 is 19.1 Å². The normalized spacial score (nSPS) is 12.2. The molecule has 0 aliphatic rings. The molecule has 14 heteroatoms. The molecule has 6 aromatic rings. The monoisotopic (exact) mass is 835 g/mol. The van der Waals surface area contributed by atoms with Crippen molar-refractivity contribution in [3.8, 4) is 22.3 Å². The third-order valence-electron chi connectivity index (χ3n) is 9.62. The van der Waals surface area contributed by atoms with Gasteiger partial charge in [-0.2, -0.15) is 0 Å². The Morgan fingerprint density at radius 3 is 1.56 bits per heavy atom. The summed E-state index contributed by atoms with van der Waals surface area (Å²) in [4.78, 5) is 32.3. The number of amides is 2. The Bertz CT molecular complexity index is 2070. The van der Waals surface area contributed by atoms with Crippen molar-refractivity contribution in [3.05, 3.63) is 107 Å². The summed E-state index contributed by atoms with van der Waals surface area (Å²) in [5.74, 6) is 0.959. The Balaban J connectivity index is 0.000000248. The van der Waals surface area contributed by atoms with E-state index in [1.54, 1.807) is 6.92 Å². The summed E-state index contributed by atoms with van der Waals surface area (Å²) in [7, 11) is 0. The summed E-state index contributed by atoms with van der Waals surface area (Å²) in [6, 6.07) is 27.6. The summed E-state index contributed by atoms with van der Waals surface area (Å²) in [5, 5.41) is 4.56. The number of carbonyl (C=O) groups excluding carboxylic acids is 2. The average molecular weight is 837 g/mol. The maximum atomic E-state index is 11.4. The van der Waals surface area contributed by atoms with E-state index in [1.807, 2.05) is 69.3 Å². The fourth-order valence-electron chi connectivity index (χ4n) is 6.26. The van der Waals surface area contributed by atoms with Gasteiger partial charge in [0.25, 0.3) is 0 Å². The number of carbonyl (C=O) groups is 2. The van der Waals surface area contributed by atoms with Crippen molar-refractivity contribution in [2.45, 2.75) is 66.2 Å². The van der Waals surface area contributed by atoms with Gasteiger partial charge in [-0.05, 0) is 98.0 Å². The molecule has 2 heterocycles. The van der Waals surface area contributed by atoms with Gasteiger partial charge in [0, 0.05) is 48.7 Å². The predicted octanol–water partition coefficient (Wildman–Crippen LogP) is 8.23. The van der Waals surface area contributed by atoms with Crippen molar-refractivity contribution >= 4 is 69.5 Å². The molecule has 57 heavy (non-hydrogen) atoms. The van der Waals surface area contributed by atoms with E-state index >= 15 is 0 Å². The van der Waals surface area contributed by atoms with Crippen LogP contribution in [0.2, 0.25) is 10.0 Å². The minimum Gasteiger partial charge on any atom is -0.380 e. The molecule has 0 radical (unpaired) electrons. The Morgan fingerprint density at radius 2 is 1.12 bits per heavy atom. The first kappa shape index (κ1) is 45.2. The predicted molar refractivity (Wildman–Crippen MR) is 233 cm³/mol. The van der Waals surface area contributed by atoms with E-state index in [0.29, 0.717) is 57.4 Å². The van der Waals surface area contributed by atoms with E-state index in [-0.39, 0.29) is 30.1 Å². The lowest BCUT2D eigenvalue weighted by Crippen LogP contribution is -2.38. The summed E-state index contributed by atoms with van der Waals surface area (Å²) in [6.45, 7) is 12.0. The number of nitrogens with one attached hydrogen (secondary N) is 1. The second-order valence-corrected chi connectivity index (χ2v) is 14.4. The molecule has 0 unspecified atom stereocenters. The Morgan fingerprint density at radius 1 is 0.684 bits per heavy atom. The lowest BCUT2D eigenvalue weighted by molar-refractivity contribution is -0.121.